The number of aromatic nitrogens is 2. The van der Waals surface area contributed by atoms with E-state index in [1.807, 2.05) is 27.7 Å². The van der Waals surface area contributed by atoms with E-state index < -0.39 is 23.0 Å². The molecule has 1 fully saturated rings. The third kappa shape index (κ3) is 10.7. The number of rotatable bonds is 11. The molecule has 0 radical (unpaired) electrons. The number of nitriles is 1. The number of anilines is 1. The molecule has 2 heterocycles. The van der Waals surface area contributed by atoms with E-state index in [1.165, 1.54) is 12.1 Å². The number of benzene rings is 2. The number of aliphatic hydroxyl groups excluding tert-OH is 1. The lowest BCUT2D eigenvalue weighted by Gasteiger charge is -2.37. The first-order chi connectivity index (χ1) is 22.2. The molecule has 2 unspecified atom stereocenters. The van der Waals surface area contributed by atoms with E-state index >= 15 is 4.39 Å². The van der Waals surface area contributed by atoms with Gasteiger partial charge in [-0.05, 0) is 55.9 Å². The van der Waals surface area contributed by atoms with Gasteiger partial charge in [-0.3, -0.25) is 9.48 Å². The number of carbonyl (C=O) groups is 1. The minimum absolute atomic E-state index is 0.0137. The van der Waals surface area contributed by atoms with Crippen LogP contribution in [0.15, 0.2) is 48.7 Å². The summed E-state index contributed by atoms with van der Waals surface area (Å²) < 4.78 is 37.3. The van der Waals surface area contributed by atoms with Gasteiger partial charge in [0.25, 0.3) is 0 Å². The number of halogens is 4. The molecular weight excluding hydrogens is 647 g/mol. The number of ether oxygens (including phenoxy) is 1. The number of hydrogen-bond donors (Lipinski definition) is 3. The molecular formula is C35H47Cl2F2N5O3. The second-order valence-electron chi connectivity index (χ2n) is 12.9. The Hall–Kier alpha value is -3.07. The van der Waals surface area contributed by atoms with E-state index in [4.69, 9.17) is 33.0 Å². The molecule has 0 bridgehead atoms. The third-order valence-electron chi connectivity index (χ3n) is 7.59. The lowest BCUT2D eigenvalue weighted by molar-refractivity contribution is -0.105. The van der Waals surface area contributed by atoms with Crippen molar-refractivity contribution in [3.05, 3.63) is 81.5 Å². The van der Waals surface area contributed by atoms with Crippen molar-refractivity contribution in [3.8, 4) is 6.07 Å². The summed E-state index contributed by atoms with van der Waals surface area (Å²) in [6, 6.07) is 12.8. The Balaban J connectivity index is 0.000000347. The lowest BCUT2D eigenvalue weighted by Crippen LogP contribution is -2.44. The van der Waals surface area contributed by atoms with Crippen molar-refractivity contribution >= 4 is 35.4 Å². The van der Waals surface area contributed by atoms with Crippen LogP contribution >= 0.6 is 23.2 Å². The first-order valence-electron chi connectivity index (χ1n) is 15.7. The summed E-state index contributed by atoms with van der Waals surface area (Å²) in [5, 5.41) is 29.3. The second-order valence-corrected chi connectivity index (χ2v) is 13.7. The number of nitrogens with zero attached hydrogens (tertiary/aromatic N) is 3. The fourth-order valence-electron chi connectivity index (χ4n) is 5.67. The fourth-order valence-corrected chi connectivity index (χ4v) is 6.01. The average Bonchev–Trinajstić information content (AvgIpc) is 3.59. The summed E-state index contributed by atoms with van der Waals surface area (Å²) in [6.45, 7) is 15.7. The van der Waals surface area contributed by atoms with E-state index in [2.05, 4.69) is 42.6 Å². The highest BCUT2D eigenvalue weighted by atomic mass is 35.5. The summed E-state index contributed by atoms with van der Waals surface area (Å²) in [7, 11) is 0. The molecule has 0 spiro atoms. The largest absolute Gasteiger partial charge is 0.396 e. The SMILES string of the molecule is CC.CC(C)(C)CC1NCC(c2cccc(Cl)c2F)[C@@]1(C#N)c1ccc(Cl)cc1F.CC(C)(Cn1ccc(NC=O)n1)OCCCO. The van der Waals surface area contributed by atoms with Gasteiger partial charge in [0.2, 0.25) is 6.41 Å². The molecule has 3 aromatic rings. The molecule has 12 heteroatoms. The molecule has 0 aliphatic carbocycles. The van der Waals surface area contributed by atoms with Crippen molar-refractivity contribution in [2.75, 3.05) is 25.1 Å². The first-order valence-corrected chi connectivity index (χ1v) is 16.5. The zero-order valence-electron chi connectivity index (χ0n) is 28.2. The van der Waals surface area contributed by atoms with Crippen molar-refractivity contribution in [2.24, 2.45) is 5.41 Å². The topological polar surface area (TPSA) is 112 Å². The molecule has 2 aromatic carbocycles. The minimum atomic E-state index is -1.30. The van der Waals surface area contributed by atoms with Crippen LogP contribution in [0.5, 0.6) is 0 Å². The molecule has 1 aromatic heterocycles. The summed E-state index contributed by atoms with van der Waals surface area (Å²) >= 11 is 11.9. The number of nitrogens with one attached hydrogen (secondary N) is 2. The van der Waals surface area contributed by atoms with E-state index in [1.54, 1.807) is 41.2 Å². The van der Waals surface area contributed by atoms with Crippen molar-refractivity contribution < 1.29 is 23.4 Å². The van der Waals surface area contributed by atoms with Crippen LogP contribution in [-0.4, -0.2) is 52.7 Å². The molecule has 1 amide bonds. The Morgan fingerprint density at radius 2 is 1.89 bits per heavy atom. The van der Waals surface area contributed by atoms with Gasteiger partial charge < -0.3 is 20.5 Å². The van der Waals surface area contributed by atoms with Crippen LogP contribution in [0.4, 0.5) is 14.6 Å². The van der Waals surface area contributed by atoms with Crippen molar-refractivity contribution in [1.29, 1.82) is 5.26 Å². The summed E-state index contributed by atoms with van der Waals surface area (Å²) in [5.41, 5.74) is -1.24. The summed E-state index contributed by atoms with van der Waals surface area (Å²) in [5.74, 6) is -1.21. The monoisotopic (exact) mass is 693 g/mol. The first kappa shape index (κ1) is 40.1. The highest BCUT2D eigenvalue weighted by Crippen LogP contribution is 2.50. The van der Waals surface area contributed by atoms with E-state index in [0.29, 0.717) is 50.3 Å². The Labute approximate surface area is 287 Å². The van der Waals surface area contributed by atoms with Gasteiger partial charge in [-0.15, -0.1) is 0 Å². The maximum Gasteiger partial charge on any atom is 0.212 e. The highest BCUT2D eigenvalue weighted by Gasteiger charge is 2.55. The number of carbonyl (C=O) groups excluding carboxylic acids is 1. The Morgan fingerprint density at radius 1 is 1.19 bits per heavy atom. The number of amides is 1. The molecule has 258 valence electrons. The quantitative estimate of drug-likeness (QED) is 0.139. The van der Waals surface area contributed by atoms with Crippen LogP contribution < -0.4 is 10.6 Å². The van der Waals surface area contributed by atoms with Crippen LogP contribution in [0.25, 0.3) is 0 Å². The molecule has 8 nitrogen and oxygen atoms in total. The molecule has 4 rings (SSSR count). The van der Waals surface area contributed by atoms with E-state index in [0.717, 1.165) is 0 Å². The standard InChI is InChI=1S/C22H22Cl2F2N2.C11H19N3O3.C2H6/c1-21(2,3)10-19-22(12-27,15-8-7-13(23)9-18(15)25)16(11-28-19)14-5-4-6-17(24)20(14)26;1-11(2,17-7-3-6-15)8-14-5-4-10(13-14)12-9-16;1-2/h4-9,16,19,28H,10-11H2,1-3H3;4-5,9,15H,3,6-8H2,1-2H3,(H,12,13,16);1-2H3/t16?,19?,22-;;/m1../s1. The van der Waals surface area contributed by atoms with Gasteiger partial charge in [-0.25, -0.2) is 8.78 Å². The van der Waals surface area contributed by atoms with E-state index in [9.17, 15) is 14.4 Å². The number of hydrogen-bond acceptors (Lipinski definition) is 6. The van der Waals surface area contributed by atoms with E-state index in [-0.39, 0.29) is 39.3 Å². The van der Waals surface area contributed by atoms with Crippen molar-refractivity contribution in [3.63, 3.8) is 0 Å². The van der Waals surface area contributed by atoms with Crippen LogP contribution in [-0.2, 0) is 21.5 Å². The van der Waals surface area contributed by atoms with Gasteiger partial charge in [-0.1, -0.05) is 76.0 Å². The average molecular weight is 695 g/mol. The van der Waals surface area contributed by atoms with Gasteiger partial charge in [0.1, 0.15) is 17.0 Å². The van der Waals surface area contributed by atoms with Crippen molar-refractivity contribution in [2.45, 2.75) is 90.8 Å². The zero-order chi connectivity index (χ0) is 35.4. The minimum Gasteiger partial charge on any atom is -0.396 e. The van der Waals surface area contributed by atoms with Crippen molar-refractivity contribution in [1.82, 2.24) is 15.1 Å². The normalized spacial score (nSPS) is 19.1. The van der Waals surface area contributed by atoms with Crippen LogP contribution in [0, 0.1) is 28.4 Å². The Kier molecular flexibility index (Phi) is 15.3. The molecule has 3 atom stereocenters. The molecule has 1 saturated heterocycles. The maximum absolute atomic E-state index is 15.0. The third-order valence-corrected chi connectivity index (χ3v) is 8.12. The Morgan fingerprint density at radius 3 is 2.49 bits per heavy atom. The van der Waals surface area contributed by atoms with Gasteiger partial charge >= 0.3 is 0 Å². The predicted molar refractivity (Wildman–Crippen MR) is 184 cm³/mol. The maximum atomic E-state index is 15.0. The zero-order valence-corrected chi connectivity index (χ0v) is 29.7. The molecule has 1 aliphatic rings. The summed E-state index contributed by atoms with van der Waals surface area (Å²) in [4.78, 5) is 10.2. The lowest BCUT2D eigenvalue weighted by atomic mass is 9.64. The molecule has 0 saturated carbocycles. The molecule has 47 heavy (non-hydrogen) atoms. The van der Waals surface area contributed by atoms with Gasteiger partial charge in [0.15, 0.2) is 5.82 Å². The fraction of sp³-hybridized carbons (Fsp3) is 0.514. The molecule has 3 N–H and O–H groups in total. The second kappa shape index (κ2) is 17.9. The van der Waals surface area contributed by atoms with Crippen LogP contribution in [0.1, 0.15) is 78.4 Å². The highest BCUT2D eigenvalue weighted by molar-refractivity contribution is 6.31. The van der Waals surface area contributed by atoms with Crippen LogP contribution in [0.2, 0.25) is 10.0 Å². The van der Waals surface area contributed by atoms with Gasteiger partial charge in [-0.2, -0.15) is 10.4 Å². The summed E-state index contributed by atoms with van der Waals surface area (Å²) in [6.07, 6.45) is 3.61. The number of aliphatic hydroxyl groups is 1. The van der Waals surface area contributed by atoms with Crippen LogP contribution in [0.3, 0.4) is 0 Å². The van der Waals surface area contributed by atoms with Gasteiger partial charge in [0, 0.05) is 54.6 Å². The Bertz CT molecular complexity index is 1490. The molecule has 1 aliphatic heterocycles. The predicted octanol–water partition coefficient (Wildman–Crippen LogP) is 7.88. The van der Waals surface area contributed by atoms with Gasteiger partial charge in [0.05, 0.1) is 23.2 Å². The smallest absolute Gasteiger partial charge is 0.212 e.